The second-order valence-corrected chi connectivity index (χ2v) is 10.4. The van der Waals surface area contributed by atoms with Gasteiger partial charge in [0.1, 0.15) is 35.4 Å². The van der Waals surface area contributed by atoms with Gasteiger partial charge in [-0.2, -0.15) is 0 Å². The fourth-order valence-electron chi connectivity index (χ4n) is 5.26. The van der Waals surface area contributed by atoms with Gasteiger partial charge in [-0.15, -0.1) is 0 Å². The maximum atomic E-state index is 14.3. The molecule has 0 aliphatic carbocycles. The molecule has 7 heteroatoms. The van der Waals surface area contributed by atoms with E-state index in [1.165, 1.54) is 23.1 Å². The quantitative estimate of drug-likeness (QED) is 0.113. The van der Waals surface area contributed by atoms with Crippen LogP contribution in [-0.2, 0) is 16.2 Å². The molecule has 0 radical (unpaired) electrons. The lowest BCUT2D eigenvalue weighted by Gasteiger charge is -2.26. The third kappa shape index (κ3) is 5.80. The lowest BCUT2D eigenvalue weighted by Crippen LogP contribution is -2.29. The number of para-hydroxylation sites is 1. The lowest BCUT2D eigenvalue weighted by molar-refractivity contribution is -0.132. The highest BCUT2D eigenvalue weighted by atomic mass is 19.1. The van der Waals surface area contributed by atoms with Crippen LogP contribution in [0.2, 0.25) is 0 Å². The van der Waals surface area contributed by atoms with Gasteiger partial charge in [0.2, 0.25) is 0 Å². The van der Waals surface area contributed by atoms with Gasteiger partial charge in [0.15, 0.2) is 0 Å². The van der Waals surface area contributed by atoms with Gasteiger partial charge in [0.25, 0.3) is 11.7 Å². The number of benzene rings is 5. The van der Waals surface area contributed by atoms with Gasteiger partial charge >= 0.3 is 0 Å². The number of Topliss-reactive ketones (excluding diaryl/α,β-unsaturated/α-hetero) is 1. The van der Waals surface area contributed by atoms with Crippen LogP contribution >= 0.6 is 0 Å². The molecular weight excluding hydrogens is 557 g/mol. The van der Waals surface area contributed by atoms with E-state index in [1.807, 2.05) is 55.5 Å². The van der Waals surface area contributed by atoms with Gasteiger partial charge in [-0.1, -0.05) is 66.7 Å². The first-order valence-electron chi connectivity index (χ1n) is 14.1. The van der Waals surface area contributed by atoms with Gasteiger partial charge in [-0.3, -0.25) is 14.5 Å². The standard InChI is InChI=1S/C37H28FNO5/c1-24-20-27(18-19-32(24)43-23-25-10-4-2-5-11-25)35(40)33-34(39(37(42)36(33)41)29-14-9-13-28(38)22-29)26-12-8-17-31(21-26)44-30-15-6-3-7-16-30/h2-22,34,40H,23H2,1H3/b35-33+. The minimum atomic E-state index is -1.05. The van der Waals surface area contributed by atoms with E-state index in [1.54, 1.807) is 60.7 Å². The predicted octanol–water partition coefficient (Wildman–Crippen LogP) is 8.13. The molecule has 0 spiro atoms. The third-order valence-electron chi connectivity index (χ3n) is 7.37. The molecule has 1 fully saturated rings. The van der Waals surface area contributed by atoms with E-state index in [0.717, 1.165) is 11.1 Å². The van der Waals surface area contributed by atoms with E-state index < -0.39 is 23.5 Å². The molecule has 0 aromatic heterocycles. The maximum Gasteiger partial charge on any atom is 0.300 e. The molecule has 0 saturated carbocycles. The van der Waals surface area contributed by atoms with Gasteiger partial charge in [-0.05, 0) is 84.3 Å². The molecule has 6 rings (SSSR count). The molecule has 1 heterocycles. The van der Waals surface area contributed by atoms with E-state index in [9.17, 15) is 19.1 Å². The van der Waals surface area contributed by atoms with Crippen molar-refractivity contribution in [2.24, 2.45) is 0 Å². The van der Waals surface area contributed by atoms with Crippen molar-refractivity contribution in [1.82, 2.24) is 0 Å². The largest absolute Gasteiger partial charge is 0.507 e. The zero-order valence-corrected chi connectivity index (χ0v) is 23.8. The second kappa shape index (κ2) is 12.3. The van der Waals surface area contributed by atoms with Crippen LogP contribution in [0, 0.1) is 12.7 Å². The fourth-order valence-corrected chi connectivity index (χ4v) is 5.26. The van der Waals surface area contributed by atoms with Crippen LogP contribution in [0.3, 0.4) is 0 Å². The predicted molar refractivity (Wildman–Crippen MR) is 166 cm³/mol. The fraction of sp³-hybridized carbons (Fsp3) is 0.0811. The molecule has 1 aliphatic heterocycles. The number of nitrogens with zero attached hydrogens (tertiary/aromatic N) is 1. The van der Waals surface area contributed by atoms with E-state index in [0.29, 0.717) is 35.0 Å². The van der Waals surface area contributed by atoms with Crippen molar-refractivity contribution in [3.05, 3.63) is 161 Å². The van der Waals surface area contributed by atoms with Crippen LogP contribution in [-0.4, -0.2) is 16.8 Å². The second-order valence-electron chi connectivity index (χ2n) is 10.4. The molecule has 1 atom stereocenters. The average Bonchev–Trinajstić information content (AvgIpc) is 3.31. The number of halogens is 1. The van der Waals surface area contributed by atoms with Crippen molar-refractivity contribution >= 4 is 23.1 Å². The normalized spacial score (nSPS) is 15.8. The summed E-state index contributed by atoms with van der Waals surface area (Å²) in [5.41, 5.74) is 2.66. The van der Waals surface area contributed by atoms with Gasteiger partial charge in [0, 0.05) is 11.3 Å². The van der Waals surface area contributed by atoms with Crippen LogP contribution in [0.4, 0.5) is 10.1 Å². The summed E-state index contributed by atoms with van der Waals surface area (Å²) in [5.74, 6) is -0.981. The number of hydrogen-bond donors (Lipinski definition) is 1. The van der Waals surface area contributed by atoms with Crippen molar-refractivity contribution in [3.8, 4) is 17.2 Å². The van der Waals surface area contributed by atoms with Gasteiger partial charge in [0.05, 0.1) is 11.6 Å². The van der Waals surface area contributed by atoms with Crippen molar-refractivity contribution in [2.75, 3.05) is 4.90 Å². The number of ether oxygens (including phenoxy) is 2. The van der Waals surface area contributed by atoms with Crippen LogP contribution in [0.25, 0.3) is 5.76 Å². The molecule has 44 heavy (non-hydrogen) atoms. The minimum Gasteiger partial charge on any atom is -0.507 e. The number of carbonyl (C=O) groups excluding carboxylic acids is 2. The highest BCUT2D eigenvalue weighted by molar-refractivity contribution is 6.51. The number of aryl methyl sites for hydroxylation is 1. The Kier molecular flexibility index (Phi) is 7.93. The molecule has 6 nitrogen and oxygen atoms in total. The molecule has 1 amide bonds. The maximum absolute atomic E-state index is 14.3. The molecule has 1 unspecified atom stereocenters. The summed E-state index contributed by atoms with van der Waals surface area (Å²) in [7, 11) is 0. The first-order chi connectivity index (χ1) is 21.4. The summed E-state index contributed by atoms with van der Waals surface area (Å²) in [6.07, 6.45) is 0. The van der Waals surface area contributed by atoms with E-state index in [-0.39, 0.29) is 17.0 Å². The van der Waals surface area contributed by atoms with Crippen LogP contribution in [0.5, 0.6) is 17.2 Å². The summed E-state index contributed by atoms with van der Waals surface area (Å²) >= 11 is 0. The Morgan fingerprint density at radius 3 is 2.23 bits per heavy atom. The first kappa shape index (κ1) is 28.4. The molecule has 1 aliphatic rings. The highest BCUT2D eigenvalue weighted by Crippen LogP contribution is 2.43. The number of rotatable bonds is 8. The van der Waals surface area contributed by atoms with Gasteiger partial charge < -0.3 is 14.6 Å². The molecule has 0 bridgehead atoms. The summed E-state index contributed by atoms with van der Waals surface area (Å²) in [6.45, 7) is 2.21. The van der Waals surface area contributed by atoms with Crippen molar-refractivity contribution in [2.45, 2.75) is 19.6 Å². The summed E-state index contributed by atoms with van der Waals surface area (Å²) in [4.78, 5) is 28.3. The van der Waals surface area contributed by atoms with E-state index in [4.69, 9.17) is 9.47 Å². The van der Waals surface area contributed by atoms with Crippen molar-refractivity contribution in [1.29, 1.82) is 0 Å². The summed E-state index contributed by atoms with van der Waals surface area (Å²) in [5, 5.41) is 11.6. The first-order valence-corrected chi connectivity index (χ1v) is 14.1. The minimum absolute atomic E-state index is 0.117. The number of aliphatic hydroxyl groups excluding tert-OH is 1. The number of amides is 1. The number of ketones is 1. The van der Waals surface area contributed by atoms with Gasteiger partial charge in [-0.25, -0.2) is 4.39 Å². The molecule has 1 saturated heterocycles. The van der Waals surface area contributed by atoms with Crippen molar-refractivity contribution < 1.29 is 28.6 Å². The smallest absolute Gasteiger partial charge is 0.300 e. The average molecular weight is 586 g/mol. The lowest BCUT2D eigenvalue weighted by atomic mass is 9.94. The molecule has 1 N–H and O–H groups in total. The Morgan fingerprint density at radius 2 is 1.50 bits per heavy atom. The number of anilines is 1. The summed E-state index contributed by atoms with van der Waals surface area (Å²) in [6, 6.07) is 35.3. The Bertz CT molecular complexity index is 1870. The monoisotopic (exact) mass is 585 g/mol. The van der Waals surface area contributed by atoms with E-state index in [2.05, 4.69) is 0 Å². The number of hydrogen-bond acceptors (Lipinski definition) is 5. The van der Waals surface area contributed by atoms with Crippen LogP contribution in [0.15, 0.2) is 133 Å². The zero-order chi connectivity index (χ0) is 30.6. The third-order valence-corrected chi connectivity index (χ3v) is 7.37. The topological polar surface area (TPSA) is 76.1 Å². The molecule has 218 valence electrons. The van der Waals surface area contributed by atoms with E-state index >= 15 is 0 Å². The Labute approximate surface area is 254 Å². The summed E-state index contributed by atoms with van der Waals surface area (Å²) < 4.78 is 26.3. The Balaban J connectivity index is 1.41. The van der Waals surface area contributed by atoms with Crippen molar-refractivity contribution in [3.63, 3.8) is 0 Å². The Morgan fingerprint density at radius 1 is 0.795 bits per heavy atom. The highest BCUT2D eigenvalue weighted by Gasteiger charge is 2.47. The molecular formula is C37H28FNO5. The Hall–Kier alpha value is -5.69. The van der Waals surface area contributed by atoms with Crippen LogP contribution < -0.4 is 14.4 Å². The number of aliphatic hydroxyl groups is 1. The SMILES string of the molecule is Cc1cc(/C(O)=C2\C(=O)C(=O)N(c3cccc(F)c3)C2c2cccc(Oc3ccccc3)c2)ccc1OCc1ccccc1. The van der Waals surface area contributed by atoms with Crippen LogP contribution in [0.1, 0.15) is 28.3 Å². The zero-order valence-electron chi connectivity index (χ0n) is 23.8. The molecule has 5 aromatic carbocycles. The molecule has 5 aromatic rings. The number of carbonyl (C=O) groups is 2.